The van der Waals surface area contributed by atoms with E-state index >= 15 is 0 Å². The van der Waals surface area contributed by atoms with Crippen LogP contribution in [0.5, 0.6) is 0 Å². The van der Waals surface area contributed by atoms with E-state index in [9.17, 15) is 4.79 Å². The highest BCUT2D eigenvalue weighted by Gasteiger charge is 2.36. The molecule has 2 rings (SSSR count). The molecular formula is C10H18N2OS. The van der Waals surface area contributed by atoms with E-state index in [0.717, 1.165) is 31.6 Å². The summed E-state index contributed by atoms with van der Waals surface area (Å²) < 4.78 is 0. The molecule has 2 aliphatic rings. The third kappa shape index (κ3) is 2.06. The van der Waals surface area contributed by atoms with Gasteiger partial charge in [-0.05, 0) is 38.5 Å². The van der Waals surface area contributed by atoms with Gasteiger partial charge in [0.1, 0.15) is 0 Å². The Balaban J connectivity index is 1.87. The van der Waals surface area contributed by atoms with Gasteiger partial charge in [-0.25, -0.2) is 0 Å². The summed E-state index contributed by atoms with van der Waals surface area (Å²) in [5.41, 5.74) is -0.298. The molecule has 80 valence electrons. The number of carbonyl (C=O) groups is 1. The third-order valence-corrected chi connectivity index (χ3v) is 4.30. The van der Waals surface area contributed by atoms with Crippen LogP contribution in [0.25, 0.3) is 0 Å². The smallest absolute Gasteiger partial charge is 0.240 e. The maximum atomic E-state index is 11.9. The van der Waals surface area contributed by atoms with Gasteiger partial charge < -0.3 is 10.6 Å². The number of nitrogens with one attached hydrogen (secondary N) is 2. The fourth-order valence-corrected chi connectivity index (χ4v) is 3.23. The minimum atomic E-state index is -0.298. The van der Waals surface area contributed by atoms with Crippen LogP contribution in [0.2, 0.25) is 0 Å². The fraction of sp³-hybridized carbons (Fsp3) is 0.900. The lowest BCUT2D eigenvalue weighted by Gasteiger charge is -2.25. The van der Waals surface area contributed by atoms with Crippen LogP contribution in [0.15, 0.2) is 0 Å². The SMILES string of the molecule is CC1(C(=O)NC2CCSC2)CCCN1. The van der Waals surface area contributed by atoms with Crippen LogP contribution in [0, 0.1) is 0 Å². The Morgan fingerprint density at radius 2 is 2.50 bits per heavy atom. The van der Waals surface area contributed by atoms with E-state index in [-0.39, 0.29) is 11.4 Å². The largest absolute Gasteiger partial charge is 0.351 e. The molecule has 0 aromatic rings. The van der Waals surface area contributed by atoms with Gasteiger partial charge in [-0.1, -0.05) is 0 Å². The standard InChI is InChI=1S/C10H18N2OS/c1-10(4-2-5-11-10)9(13)12-8-3-6-14-7-8/h8,11H,2-7H2,1H3,(H,12,13). The number of hydrogen-bond donors (Lipinski definition) is 2. The van der Waals surface area contributed by atoms with Gasteiger partial charge in [0.25, 0.3) is 0 Å². The minimum absolute atomic E-state index is 0.197. The second-order valence-electron chi connectivity index (χ2n) is 4.40. The summed E-state index contributed by atoms with van der Waals surface area (Å²) in [6.45, 7) is 2.99. The maximum Gasteiger partial charge on any atom is 0.240 e. The third-order valence-electron chi connectivity index (χ3n) is 3.13. The average molecular weight is 214 g/mol. The first-order chi connectivity index (χ1) is 6.71. The molecule has 0 spiro atoms. The second-order valence-corrected chi connectivity index (χ2v) is 5.55. The number of rotatable bonds is 2. The van der Waals surface area contributed by atoms with Crippen molar-refractivity contribution in [3.05, 3.63) is 0 Å². The summed E-state index contributed by atoms with van der Waals surface area (Å²) in [5, 5.41) is 6.43. The van der Waals surface area contributed by atoms with Crippen LogP contribution in [0.3, 0.4) is 0 Å². The maximum absolute atomic E-state index is 11.9. The van der Waals surface area contributed by atoms with Crippen molar-refractivity contribution in [2.75, 3.05) is 18.1 Å². The van der Waals surface area contributed by atoms with Gasteiger partial charge in [0.15, 0.2) is 0 Å². The molecule has 4 heteroatoms. The van der Waals surface area contributed by atoms with Gasteiger partial charge in [-0.2, -0.15) is 11.8 Å². The molecular weight excluding hydrogens is 196 g/mol. The van der Waals surface area contributed by atoms with Crippen molar-refractivity contribution in [2.24, 2.45) is 0 Å². The number of amides is 1. The average Bonchev–Trinajstić information content (AvgIpc) is 2.76. The van der Waals surface area contributed by atoms with Crippen molar-refractivity contribution < 1.29 is 4.79 Å². The Morgan fingerprint density at radius 3 is 3.07 bits per heavy atom. The highest BCUT2D eigenvalue weighted by molar-refractivity contribution is 7.99. The zero-order valence-corrected chi connectivity index (χ0v) is 9.45. The topological polar surface area (TPSA) is 41.1 Å². The predicted molar refractivity (Wildman–Crippen MR) is 59.5 cm³/mol. The Morgan fingerprint density at radius 1 is 1.64 bits per heavy atom. The summed E-state index contributed by atoms with van der Waals surface area (Å²) >= 11 is 1.93. The lowest BCUT2D eigenvalue weighted by Crippen LogP contribution is -2.53. The molecule has 1 amide bonds. The minimum Gasteiger partial charge on any atom is -0.351 e. The zero-order valence-electron chi connectivity index (χ0n) is 8.64. The molecule has 2 fully saturated rings. The van der Waals surface area contributed by atoms with Crippen LogP contribution in [-0.4, -0.2) is 35.5 Å². The molecule has 0 radical (unpaired) electrons. The lowest BCUT2D eigenvalue weighted by molar-refractivity contribution is -0.127. The molecule has 2 N–H and O–H groups in total. The number of carbonyl (C=O) groups excluding carboxylic acids is 1. The van der Waals surface area contributed by atoms with E-state index in [0.29, 0.717) is 6.04 Å². The number of hydrogen-bond acceptors (Lipinski definition) is 3. The highest BCUT2D eigenvalue weighted by Crippen LogP contribution is 2.21. The Labute approximate surface area is 89.4 Å². The van der Waals surface area contributed by atoms with Crippen LogP contribution < -0.4 is 10.6 Å². The molecule has 3 nitrogen and oxygen atoms in total. The van der Waals surface area contributed by atoms with E-state index in [1.165, 1.54) is 5.75 Å². The first-order valence-corrected chi connectivity index (χ1v) is 6.50. The van der Waals surface area contributed by atoms with Crippen LogP contribution >= 0.6 is 11.8 Å². The first kappa shape index (κ1) is 10.3. The zero-order chi connectivity index (χ0) is 10.0. The van der Waals surface area contributed by atoms with Gasteiger partial charge in [0, 0.05) is 11.8 Å². The van der Waals surface area contributed by atoms with E-state index in [4.69, 9.17) is 0 Å². The van der Waals surface area contributed by atoms with Crippen LogP contribution in [0.4, 0.5) is 0 Å². The van der Waals surface area contributed by atoms with Crippen molar-refractivity contribution in [1.82, 2.24) is 10.6 Å². The van der Waals surface area contributed by atoms with E-state index in [2.05, 4.69) is 10.6 Å². The van der Waals surface area contributed by atoms with Gasteiger partial charge in [0.2, 0.25) is 5.91 Å². The molecule has 2 saturated heterocycles. The van der Waals surface area contributed by atoms with Gasteiger partial charge in [-0.15, -0.1) is 0 Å². The van der Waals surface area contributed by atoms with Gasteiger partial charge in [0.05, 0.1) is 5.54 Å². The van der Waals surface area contributed by atoms with Crippen molar-refractivity contribution in [3.63, 3.8) is 0 Å². The number of thioether (sulfide) groups is 1. The van der Waals surface area contributed by atoms with Crippen molar-refractivity contribution in [1.29, 1.82) is 0 Å². The predicted octanol–water partition coefficient (Wildman–Crippen LogP) is 0.750. The van der Waals surface area contributed by atoms with Crippen molar-refractivity contribution in [3.8, 4) is 0 Å². The molecule has 0 saturated carbocycles. The highest BCUT2D eigenvalue weighted by atomic mass is 32.2. The second kappa shape index (κ2) is 4.11. The van der Waals surface area contributed by atoms with E-state index < -0.39 is 0 Å². The molecule has 2 unspecified atom stereocenters. The van der Waals surface area contributed by atoms with Crippen LogP contribution in [-0.2, 0) is 4.79 Å². The lowest BCUT2D eigenvalue weighted by atomic mass is 9.99. The molecule has 2 aliphatic heterocycles. The quantitative estimate of drug-likeness (QED) is 0.713. The Hall–Kier alpha value is -0.220. The summed E-state index contributed by atoms with van der Waals surface area (Å²) in [6, 6.07) is 0.409. The van der Waals surface area contributed by atoms with Crippen molar-refractivity contribution in [2.45, 2.75) is 37.8 Å². The Bertz CT molecular complexity index is 220. The molecule has 2 heterocycles. The molecule has 0 bridgehead atoms. The summed E-state index contributed by atoms with van der Waals surface area (Å²) in [7, 11) is 0. The monoisotopic (exact) mass is 214 g/mol. The molecule has 0 aromatic heterocycles. The summed E-state index contributed by atoms with van der Waals surface area (Å²) in [6.07, 6.45) is 3.22. The fourth-order valence-electron chi connectivity index (χ4n) is 2.08. The normalized spacial score (nSPS) is 37.4. The van der Waals surface area contributed by atoms with E-state index in [1.807, 2.05) is 18.7 Å². The summed E-state index contributed by atoms with van der Waals surface area (Å²) in [5.74, 6) is 2.47. The Kier molecular flexibility index (Phi) is 3.02. The van der Waals surface area contributed by atoms with Crippen molar-refractivity contribution >= 4 is 17.7 Å². The van der Waals surface area contributed by atoms with Gasteiger partial charge >= 0.3 is 0 Å². The molecule has 0 aromatic carbocycles. The molecule has 14 heavy (non-hydrogen) atoms. The van der Waals surface area contributed by atoms with E-state index in [1.54, 1.807) is 0 Å². The summed E-state index contributed by atoms with van der Waals surface area (Å²) in [4.78, 5) is 11.9. The molecule has 2 atom stereocenters. The molecule has 0 aliphatic carbocycles. The van der Waals surface area contributed by atoms with Gasteiger partial charge in [-0.3, -0.25) is 4.79 Å². The first-order valence-electron chi connectivity index (χ1n) is 5.34. The van der Waals surface area contributed by atoms with Crippen LogP contribution in [0.1, 0.15) is 26.2 Å².